The van der Waals surface area contributed by atoms with Gasteiger partial charge in [0.15, 0.2) is 5.96 Å². The molecule has 2 aromatic carbocycles. The Labute approximate surface area is 201 Å². The van der Waals surface area contributed by atoms with Gasteiger partial charge < -0.3 is 25.5 Å². The second kappa shape index (κ2) is 13.0. The number of piperazine rings is 1. The number of hydrogen-bond acceptors (Lipinski definition) is 4. The molecule has 0 radical (unpaired) electrons. The van der Waals surface area contributed by atoms with Gasteiger partial charge in [-0.3, -0.25) is 9.79 Å². The van der Waals surface area contributed by atoms with Crippen LogP contribution in [0.3, 0.4) is 0 Å². The van der Waals surface area contributed by atoms with Gasteiger partial charge in [0, 0.05) is 51.4 Å². The molecule has 1 heterocycles. The van der Waals surface area contributed by atoms with Crippen molar-refractivity contribution in [3.05, 3.63) is 60.2 Å². The van der Waals surface area contributed by atoms with Crippen molar-refractivity contribution in [3.63, 3.8) is 0 Å². The number of benzene rings is 2. The summed E-state index contributed by atoms with van der Waals surface area (Å²) in [5.41, 5.74) is 1.56. The van der Waals surface area contributed by atoms with Crippen LogP contribution >= 0.6 is 24.0 Å². The second-order valence-electron chi connectivity index (χ2n) is 7.17. The predicted molar refractivity (Wildman–Crippen MR) is 137 cm³/mol. The smallest absolute Gasteiger partial charge is 0.251 e. The number of nitrogens with one attached hydrogen (secondary N) is 2. The van der Waals surface area contributed by atoms with E-state index < -0.39 is 0 Å². The van der Waals surface area contributed by atoms with Crippen molar-refractivity contribution in [3.8, 4) is 5.75 Å². The number of amides is 1. The largest absolute Gasteiger partial charge is 0.506 e. The molecule has 3 N–H and O–H groups in total. The van der Waals surface area contributed by atoms with E-state index in [1.807, 2.05) is 48.5 Å². The number of hydrogen-bond donors (Lipinski definition) is 3. The summed E-state index contributed by atoms with van der Waals surface area (Å²) in [6.45, 7) is 7.45. The van der Waals surface area contributed by atoms with Crippen LogP contribution in [0.25, 0.3) is 0 Å². The third-order valence-corrected chi connectivity index (χ3v) is 5.05. The molecule has 0 aromatic heterocycles. The van der Waals surface area contributed by atoms with Crippen LogP contribution in [0.15, 0.2) is 59.6 Å². The molecule has 8 heteroatoms. The number of aliphatic imine (C=N–C) groups is 1. The van der Waals surface area contributed by atoms with E-state index in [1.54, 1.807) is 6.07 Å². The number of carbonyl (C=O) groups is 1. The molecule has 1 saturated heterocycles. The Morgan fingerprint density at radius 1 is 1.00 bits per heavy atom. The van der Waals surface area contributed by atoms with E-state index in [1.165, 1.54) is 0 Å². The molecule has 0 unspecified atom stereocenters. The predicted octanol–water partition coefficient (Wildman–Crippen LogP) is 2.92. The van der Waals surface area contributed by atoms with Crippen LogP contribution in [0.4, 0.5) is 5.69 Å². The van der Waals surface area contributed by atoms with Gasteiger partial charge >= 0.3 is 0 Å². The van der Waals surface area contributed by atoms with Gasteiger partial charge in [0.1, 0.15) is 5.75 Å². The summed E-state index contributed by atoms with van der Waals surface area (Å²) in [4.78, 5) is 21.3. The number of carbonyl (C=O) groups excluding carboxylic acids is 1. The van der Waals surface area contributed by atoms with E-state index in [-0.39, 0.29) is 29.9 Å². The fraction of sp³-hybridized carbons (Fsp3) is 0.391. The molecule has 1 aliphatic heterocycles. The third-order valence-electron chi connectivity index (χ3n) is 5.05. The number of rotatable bonds is 7. The fourth-order valence-corrected chi connectivity index (χ4v) is 3.47. The van der Waals surface area contributed by atoms with Crippen LogP contribution in [-0.2, 0) is 0 Å². The van der Waals surface area contributed by atoms with Gasteiger partial charge in [-0.15, -0.1) is 24.0 Å². The van der Waals surface area contributed by atoms with Gasteiger partial charge in [-0.05, 0) is 37.6 Å². The first-order valence-corrected chi connectivity index (χ1v) is 10.6. The Morgan fingerprint density at radius 3 is 2.35 bits per heavy atom. The highest BCUT2D eigenvalue weighted by Crippen LogP contribution is 2.27. The van der Waals surface area contributed by atoms with E-state index in [0.717, 1.165) is 50.8 Å². The average molecular weight is 537 g/mol. The molecule has 168 valence electrons. The number of para-hydroxylation sites is 2. The molecule has 0 atom stereocenters. The molecule has 0 bridgehead atoms. The number of phenolic OH excluding ortho intramolecular Hbond substituents is 1. The molecule has 1 aliphatic rings. The number of anilines is 1. The molecule has 1 amide bonds. The summed E-state index contributed by atoms with van der Waals surface area (Å²) < 4.78 is 0. The summed E-state index contributed by atoms with van der Waals surface area (Å²) in [6, 6.07) is 16.7. The quantitative estimate of drug-likeness (QED) is 0.219. The molecule has 3 rings (SSSR count). The van der Waals surface area contributed by atoms with Crippen molar-refractivity contribution < 1.29 is 9.90 Å². The van der Waals surface area contributed by atoms with Gasteiger partial charge in [0.2, 0.25) is 0 Å². The van der Waals surface area contributed by atoms with Crippen LogP contribution in [0.5, 0.6) is 5.75 Å². The summed E-state index contributed by atoms with van der Waals surface area (Å²) in [5.74, 6) is 1.18. The molecular formula is C23H32IN5O2. The number of halogens is 1. The van der Waals surface area contributed by atoms with Gasteiger partial charge in [-0.1, -0.05) is 30.3 Å². The lowest BCUT2D eigenvalue weighted by Crippen LogP contribution is -2.52. The highest BCUT2D eigenvalue weighted by atomic mass is 127. The maximum Gasteiger partial charge on any atom is 0.251 e. The highest BCUT2D eigenvalue weighted by molar-refractivity contribution is 14.0. The van der Waals surface area contributed by atoms with Crippen molar-refractivity contribution in [2.75, 3.05) is 50.7 Å². The third kappa shape index (κ3) is 7.30. The molecule has 1 fully saturated rings. The van der Waals surface area contributed by atoms with Crippen molar-refractivity contribution in [2.24, 2.45) is 4.99 Å². The lowest BCUT2D eigenvalue weighted by molar-refractivity contribution is 0.0953. The SMILES string of the molecule is CCNC(=NCCCNC(=O)c1ccccc1)N1CCN(c2ccccc2O)CC1.I. The Bertz CT molecular complexity index is 839. The second-order valence-corrected chi connectivity index (χ2v) is 7.17. The number of guanidine groups is 1. The maximum absolute atomic E-state index is 12.1. The number of phenols is 1. The lowest BCUT2D eigenvalue weighted by atomic mass is 10.2. The molecule has 0 aliphatic carbocycles. The number of nitrogens with zero attached hydrogens (tertiary/aromatic N) is 3. The fourth-order valence-electron chi connectivity index (χ4n) is 3.47. The van der Waals surface area contributed by atoms with Crippen molar-refractivity contribution in [1.82, 2.24) is 15.5 Å². The molecule has 7 nitrogen and oxygen atoms in total. The zero-order valence-corrected chi connectivity index (χ0v) is 20.3. The summed E-state index contributed by atoms with van der Waals surface area (Å²) >= 11 is 0. The van der Waals surface area contributed by atoms with Gasteiger partial charge in [-0.25, -0.2) is 0 Å². The zero-order valence-electron chi connectivity index (χ0n) is 18.0. The van der Waals surface area contributed by atoms with Crippen molar-refractivity contribution in [1.29, 1.82) is 0 Å². The Kier molecular flexibility index (Phi) is 10.4. The minimum absolute atomic E-state index is 0. The maximum atomic E-state index is 12.1. The monoisotopic (exact) mass is 537 g/mol. The van der Waals surface area contributed by atoms with E-state index in [0.29, 0.717) is 24.4 Å². The van der Waals surface area contributed by atoms with Crippen LogP contribution in [0.1, 0.15) is 23.7 Å². The van der Waals surface area contributed by atoms with Crippen molar-refractivity contribution >= 4 is 41.5 Å². The molecule has 0 saturated carbocycles. The summed E-state index contributed by atoms with van der Waals surface area (Å²) in [5, 5.41) is 16.4. The van der Waals surface area contributed by atoms with E-state index in [2.05, 4.69) is 27.4 Å². The number of aromatic hydroxyl groups is 1. The molecular weight excluding hydrogens is 505 g/mol. The standard InChI is InChI=1S/C23H31N5O2.HI/c1-2-24-23(26-14-8-13-25-22(30)19-9-4-3-5-10-19)28-17-15-27(16-18-28)20-11-6-7-12-21(20)29;/h3-7,9-12,29H,2,8,13-18H2,1H3,(H,24,26)(H,25,30);1H. The topological polar surface area (TPSA) is 80.2 Å². The normalized spacial score (nSPS) is 14.0. The first kappa shape index (κ1) is 24.8. The Hall–Kier alpha value is -2.49. The average Bonchev–Trinajstić information content (AvgIpc) is 2.79. The summed E-state index contributed by atoms with van der Waals surface area (Å²) in [6.07, 6.45) is 0.783. The van der Waals surface area contributed by atoms with Crippen LogP contribution < -0.4 is 15.5 Å². The van der Waals surface area contributed by atoms with Crippen LogP contribution in [-0.4, -0.2) is 67.7 Å². The molecule has 0 spiro atoms. The first-order valence-electron chi connectivity index (χ1n) is 10.6. The lowest BCUT2D eigenvalue weighted by Gasteiger charge is -2.37. The Morgan fingerprint density at radius 2 is 1.68 bits per heavy atom. The van der Waals surface area contributed by atoms with Gasteiger partial charge in [-0.2, -0.15) is 0 Å². The van der Waals surface area contributed by atoms with Gasteiger partial charge in [0.05, 0.1) is 5.69 Å². The highest BCUT2D eigenvalue weighted by Gasteiger charge is 2.21. The van der Waals surface area contributed by atoms with E-state index in [4.69, 9.17) is 4.99 Å². The summed E-state index contributed by atoms with van der Waals surface area (Å²) in [7, 11) is 0. The zero-order chi connectivity index (χ0) is 21.2. The molecule has 2 aromatic rings. The first-order chi connectivity index (χ1) is 14.7. The van der Waals surface area contributed by atoms with Crippen molar-refractivity contribution in [2.45, 2.75) is 13.3 Å². The van der Waals surface area contributed by atoms with E-state index in [9.17, 15) is 9.90 Å². The minimum Gasteiger partial charge on any atom is -0.506 e. The van der Waals surface area contributed by atoms with Gasteiger partial charge in [0.25, 0.3) is 5.91 Å². The van der Waals surface area contributed by atoms with Crippen LogP contribution in [0.2, 0.25) is 0 Å². The van der Waals surface area contributed by atoms with E-state index >= 15 is 0 Å². The Balaban J connectivity index is 0.00000341. The van der Waals surface area contributed by atoms with Crippen LogP contribution in [0, 0.1) is 0 Å². The molecule has 31 heavy (non-hydrogen) atoms. The minimum atomic E-state index is -0.0493.